The van der Waals surface area contributed by atoms with Crippen LogP contribution in [0.5, 0.6) is 0 Å². The molecule has 0 aliphatic rings. The van der Waals surface area contributed by atoms with Crippen molar-refractivity contribution in [2.45, 2.75) is 64.4 Å². The summed E-state index contributed by atoms with van der Waals surface area (Å²) >= 11 is 0. The summed E-state index contributed by atoms with van der Waals surface area (Å²) in [6, 6.07) is 0. The number of hydrogen-bond acceptors (Lipinski definition) is 4. The van der Waals surface area contributed by atoms with Crippen LogP contribution in [0.25, 0.3) is 0 Å². The van der Waals surface area contributed by atoms with Crippen LogP contribution >= 0.6 is 0 Å². The predicted octanol–water partition coefficient (Wildman–Crippen LogP) is 2.59. The van der Waals surface area contributed by atoms with Crippen molar-refractivity contribution in [3.8, 4) is 0 Å². The third-order valence-corrected chi connectivity index (χ3v) is 3.28. The summed E-state index contributed by atoms with van der Waals surface area (Å²) in [5.74, 6) is 0.439. The van der Waals surface area contributed by atoms with E-state index in [4.69, 9.17) is 14.2 Å². The fraction of sp³-hybridized carbons (Fsp3) is 1.00. The minimum Gasteiger partial charge on any atom is -0.393 e. The van der Waals surface area contributed by atoms with Gasteiger partial charge in [-0.15, -0.1) is 0 Å². The minimum absolute atomic E-state index is 0.107. The lowest BCUT2D eigenvalue weighted by molar-refractivity contribution is -0.115. The smallest absolute Gasteiger partial charge is 0.157 e. The zero-order chi connectivity index (χ0) is 14.0. The molecule has 0 aliphatic carbocycles. The van der Waals surface area contributed by atoms with Gasteiger partial charge in [-0.25, -0.2) is 0 Å². The third-order valence-electron chi connectivity index (χ3n) is 3.28. The molecule has 0 aliphatic heterocycles. The fourth-order valence-corrected chi connectivity index (χ4v) is 2.21. The van der Waals surface area contributed by atoms with Gasteiger partial charge in [-0.3, -0.25) is 0 Å². The van der Waals surface area contributed by atoms with E-state index in [1.165, 1.54) is 0 Å². The van der Waals surface area contributed by atoms with Gasteiger partial charge in [-0.05, 0) is 25.2 Å². The third kappa shape index (κ3) is 8.03. The zero-order valence-corrected chi connectivity index (χ0v) is 12.5. The summed E-state index contributed by atoms with van der Waals surface area (Å²) in [6.07, 6.45) is 4.01. The number of rotatable bonds is 11. The second kappa shape index (κ2) is 10.7. The Kier molecular flexibility index (Phi) is 10.6. The molecule has 18 heavy (non-hydrogen) atoms. The normalized spacial score (nSPS) is 16.8. The van der Waals surface area contributed by atoms with E-state index in [0.717, 1.165) is 25.7 Å². The van der Waals surface area contributed by atoms with Crippen LogP contribution in [-0.4, -0.2) is 44.9 Å². The first-order valence-electron chi connectivity index (χ1n) is 6.83. The van der Waals surface area contributed by atoms with Crippen LogP contribution in [0.1, 0.15) is 46.0 Å². The molecule has 0 heterocycles. The lowest BCUT2D eigenvalue weighted by Gasteiger charge is -2.24. The molecule has 0 radical (unpaired) electrons. The Bertz CT molecular complexity index is 183. The molecule has 0 bridgehead atoms. The Morgan fingerprint density at radius 1 is 0.944 bits per heavy atom. The van der Waals surface area contributed by atoms with Gasteiger partial charge in [0.2, 0.25) is 0 Å². The van der Waals surface area contributed by atoms with E-state index in [2.05, 4.69) is 13.8 Å². The summed E-state index contributed by atoms with van der Waals surface area (Å²) in [5, 5.41) is 9.81. The van der Waals surface area contributed by atoms with Gasteiger partial charge in [-0.2, -0.15) is 0 Å². The molecule has 110 valence electrons. The molecule has 0 unspecified atom stereocenters. The topological polar surface area (TPSA) is 47.9 Å². The Labute approximate surface area is 112 Å². The zero-order valence-electron chi connectivity index (χ0n) is 12.5. The predicted molar refractivity (Wildman–Crippen MR) is 72.5 cm³/mol. The van der Waals surface area contributed by atoms with Crippen LogP contribution < -0.4 is 0 Å². The van der Waals surface area contributed by atoms with Crippen molar-refractivity contribution in [2.24, 2.45) is 5.92 Å². The first-order valence-corrected chi connectivity index (χ1v) is 6.83. The van der Waals surface area contributed by atoms with Crippen molar-refractivity contribution in [3.63, 3.8) is 0 Å². The summed E-state index contributed by atoms with van der Waals surface area (Å²) in [4.78, 5) is 0. The van der Waals surface area contributed by atoms with Crippen molar-refractivity contribution in [3.05, 3.63) is 0 Å². The first-order chi connectivity index (χ1) is 8.57. The van der Waals surface area contributed by atoms with E-state index < -0.39 is 0 Å². The van der Waals surface area contributed by atoms with Crippen LogP contribution in [0.2, 0.25) is 0 Å². The van der Waals surface area contributed by atoms with E-state index in [9.17, 15) is 5.11 Å². The molecule has 1 N–H and O–H groups in total. The molecule has 0 aromatic carbocycles. The van der Waals surface area contributed by atoms with Crippen LogP contribution in [0, 0.1) is 5.92 Å². The van der Waals surface area contributed by atoms with Gasteiger partial charge >= 0.3 is 0 Å². The monoisotopic (exact) mass is 262 g/mol. The Morgan fingerprint density at radius 3 is 2.00 bits per heavy atom. The van der Waals surface area contributed by atoms with E-state index in [1.54, 1.807) is 21.3 Å². The summed E-state index contributed by atoms with van der Waals surface area (Å²) in [7, 11) is 5.01. The Hall–Kier alpha value is -0.160. The summed E-state index contributed by atoms with van der Waals surface area (Å²) in [5.41, 5.74) is 0. The Morgan fingerprint density at radius 2 is 1.56 bits per heavy atom. The average molecular weight is 262 g/mol. The maximum atomic E-state index is 9.81. The molecule has 4 heteroatoms. The van der Waals surface area contributed by atoms with Gasteiger partial charge in [0, 0.05) is 27.8 Å². The van der Waals surface area contributed by atoms with Crippen molar-refractivity contribution in [1.29, 1.82) is 0 Å². The molecule has 0 spiro atoms. The highest BCUT2D eigenvalue weighted by molar-refractivity contribution is 4.69. The van der Waals surface area contributed by atoms with Gasteiger partial charge in [0.15, 0.2) is 6.29 Å². The lowest BCUT2D eigenvalue weighted by Crippen LogP contribution is -2.24. The van der Waals surface area contributed by atoms with E-state index in [1.807, 2.05) is 0 Å². The van der Waals surface area contributed by atoms with Crippen molar-refractivity contribution < 1.29 is 19.3 Å². The van der Waals surface area contributed by atoms with Gasteiger partial charge in [-0.1, -0.05) is 20.3 Å². The molecule has 0 saturated carbocycles. The quantitative estimate of drug-likeness (QED) is 0.581. The number of aliphatic hydroxyl groups excluding tert-OH is 1. The largest absolute Gasteiger partial charge is 0.393 e. The number of ether oxygens (including phenoxy) is 3. The van der Waals surface area contributed by atoms with Crippen LogP contribution in [0.15, 0.2) is 0 Å². The van der Waals surface area contributed by atoms with Crippen molar-refractivity contribution >= 4 is 0 Å². The van der Waals surface area contributed by atoms with Crippen molar-refractivity contribution in [1.82, 2.24) is 0 Å². The first kappa shape index (κ1) is 17.8. The second-order valence-corrected chi connectivity index (χ2v) is 5.01. The van der Waals surface area contributed by atoms with Gasteiger partial charge in [0.05, 0.1) is 12.2 Å². The van der Waals surface area contributed by atoms with E-state index in [0.29, 0.717) is 12.3 Å². The van der Waals surface area contributed by atoms with Crippen LogP contribution in [0.4, 0.5) is 0 Å². The molecule has 0 aromatic heterocycles. The fourth-order valence-electron chi connectivity index (χ4n) is 2.21. The van der Waals surface area contributed by atoms with Crippen LogP contribution in [-0.2, 0) is 14.2 Å². The maximum Gasteiger partial charge on any atom is 0.157 e. The molecule has 3 atom stereocenters. The molecule has 0 aromatic rings. The Balaban J connectivity index is 4.02. The molecule has 0 rings (SSSR count). The molecule has 0 amide bonds. The molecular formula is C14H30O4. The van der Waals surface area contributed by atoms with Crippen LogP contribution in [0.3, 0.4) is 0 Å². The number of methoxy groups -OCH3 is 3. The molecular weight excluding hydrogens is 232 g/mol. The van der Waals surface area contributed by atoms with Crippen molar-refractivity contribution in [2.75, 3.05) is 21.3 Å². The minimum atomic E-state index is -0.257. The number of aliphatic hydroxyl groups is 1. The van der Waals surface area contributed by atoms with Gasteiger partial charge < -0.3 is 19.3 Å². The highest BCUT2D eigenvalue weighted by Gasteiger charge is 2.19. The molecule has 4 nitrogen and oxygen atoms in total. The summed E-state index contributed by atoms with van der Waals surface area (Å²) in [6.45, 7) is 4.23. The summed E-state index contributed by atoms with van der Waals surface area (Å²) < 4.78 is 15.8. The molecule has 0 saturated heterocycles. The van der Waals surface area contributed by atoms with Gasteiger partial charge in [0.1, 0.15) is 0 Å². The lowest BCUT2D eigenvalue weighted by atomic mass is 9.95. The highest BCUT2D eigenvalue weighted by atomic mass is 16.7. The SMILES string of the molecule is CCC[C@H](O)C[C@H](C[C@H](C)CC(OC)OC)OC. The maximum absolute atomic E-state index is 9.81. The van der Waals surface area contributed by atoms with E-state index >= 15 is 0 Å². The number of hydrogen-bond donors (Lipinski definition) is 1. The highest BCUT2D eigenvalue weighted by Crippen LogP contribution is 2.20. The van der Waals surface area contributed by atoms with E-state index in [-0.39, 0.29) is 18.5 Å². The second-order valence-electron chi connectivity index (χ2n) is 5.01. The molecule has 0 fully saturated rings. The standard InChI is InChI=1S/C14H30O4/c1-6-7-12(15)10-13(16-3)8-11(2)9-14(17-4)18-5/h11-15H,6-10H2,1-5H3/t11-,12-,13-/m0/s1. The average Bonchev–Trinajstić information content (AvgIpc) is 2.35. The van der Waals surface area contributed by atoms with Gasteiger partial charge in [0.25, 0.3) is 0 Å².